The van der Waals surface area contributed by atoms with E-state index in [0.29, 0.717) is 0 Å². The summed E-state index contributed by atoms with van der Waals surface area (Å²) in [6.45, 7) is 0. The summed E-state index contributed by atoms with van der Waals surface area (Å²) in [6, 6.07) is 14.6. The van der Waals surface area contributed by atoms with Crippen molar-refractivity contribution in [3.05, 3.63) is 81.9 Å². The number of rotatable bonds is 4. The predicted molar refractivity (Wildman–Crippen MR) is 84.2 cm³/mol. The third kappa shape index (κ3) is 4.50. The SMILES string of the molecule is O=C(/C=C/c1ccccc1)NNC(=O)c1ccccc1[N+](=O)[O-]. The smallest absolute Gasteiger partial charge is 0.268 e. The van der Waals surface area contributed by atoms with Crippen LogP contribution in [0.25, 0.3) is 6.08 Å². The molecule has 23 heavy (non-hydrogen) atoms. The summed E-state index contributed by atoms with van der Waals surface area (Å²) in [5.74, 6) is -1.32. The molecular formula is C16H13N3O4. The Balaban J connectivity index is 1.96. The van der Waals surface area contributed by atoms with Gasteiger partial charge in [0.15, 0.2) is 0 Å². The van der Waals surface area contributed by atoms with E-state index in [1.165, 1.54) is 30.3 Å². The summed E-state index contributed by atoms with van der Waals surface area (Å²) in [7, 11) is 0. The van der Waals surface area contributed by atoms with Crippen molar-refractivity contribution in [1.29, 1.82) is 0 Å². The Hall–Kier alpha value is -3.48. The Labute approximate surface area is 131 Å². The number of nitrogens with one attached hydrogen (secondary N) is 2. The van der Waals surface area contributed by atoms with E-state index in [9.17, 15) is 19.7 Å². The monoisotopic (exact) mass is 311 g/mol. The van der Waals surface area contributed by atoms with Crippen molar-refractivity contribution in [3.8, 4) is 0 Å². The van der Waals surface area contributed by atoms with Gasteiger partial charge < -0.3 is 0 Å². The molecular weight excluding hydrogens is 298 g/mol. The third-order valence-corrected chi connectivity index (χ3v) is 2.87. The average Bonchev–Trinajstić information content (AvgIpc) is 2.58. The van der Waals surface area contributed by atoms with Gasteiger partial charge in [-0.1, -0.05) is 42.5 Å². The fraction of sp³-hybridized carbons (Fsp3) is 0. The molecule has 7 nitrogen and oxygen atoms in total. The number of carbonyl (C=O) groups excluding carboxylic acids is 2. The van der Waals surface area contributed by atoms with E-state index in [0.717, 1.165) is 5.56 Å². The summed E-state index contributed by atoms with van der Waals surface area (Å²) < 4.78 is 0. The van der Waals surface area contributed by atoms with Crippen molar-refractivity contribution in [2.75, 3.05) is 0 Å². The average molecular weight is 311 g/mol. The Bertz CT molecular complexity index is 757. The summed E-state index contributed by atoms with van der Waals surface area (Å²) in [4.78, 5) is 33.7. The lowest BCUT2D eigenvalue weighted by Crippen LogP contribution is -2.40. The highest BCUT2D eigenvalue weighted by Crippen LogP contribution is 2.16. The van der Waals surface area contributed by atoms with Crippen LogP contribution in [0, 0.1) is 10.1 Å². The number of nitro benzene ring substituents is 1. The molecule has 0 aliphatic carbocycles. The van der Waals surface area contributed by atoms with E-state index in [4.69, 9.17) is 0 Å². The van der Waals surface area contributed by atoms with Crippen LogP contribution in [0.2, 0.25) is 0 Å². The van der Waals surface area contributed by atoms with Crippen molar-refractivity contribution in [1.82, 2.24) is 10.9 Å². The Morgan fingerprint density at radius 2 is 1.61 bits per heavy atom. The van der Waals surface area contributed by atoms with Crippen LogP contribution < -0.4 is 10.9 Å². The molecule has 0 aromatic heterocycles. The van der Waals surface area contributed by atoms with Gasteiger partial charge in [0, 0.05) is 12.1 Å². The third-order valence-electron chi connectivity index (χ3n) is 2.87. The molecule has 2 rings (SSSR count). The second-order valence-electron chi connectivity index (χ2n) is 4.46. The fourth-order valence-corrected chi connectivity index (χ4v) is 1.79. The summed E-state index contributed by atoms with van der Waals surface area (Å²) in [5.41, 5.74) is 4.66. The van der Waals surface area contributed by atoms with Crippen molar-refractivity contribution < 1.29 is 14.5 Å². The largest absolute Gasteiger partial charge is 0.282 e. The topological polar surface area (TPSA) is 101 Å². The number of nitro groups is 1. The summed E-state index contributed by atoms with van der Waals surface area (Å²) in [6.07, 6.45) is 2.82. The molecule has 0 spiro atoms. The van der Waals surface area contributed by atoms with E-state index in [2.05, 4.69) is 10.9 Å². The van der Waals surface area contributed by atoms with Crippen molar-refractivity contribution in [2.45, 2.75) is 0 Å². The van der Waals surface area contributed by atoms with Gasteiger partial charge in [-0.05, 0) is 17.7 Å². The minimum Gasteiger partial charge on any atom is -0.268 e. The van der Waals surface area contributed by atoms with Gasteiger partial charge in [0.2, 0.25) is 0 Å². The van der Waals surface area contributed by atoms with Crippen LogP contribution in [0.3, 0.4) is 0 Å². The predicted octanol–water partition coefficient (Wildman–Crippen LogP) is 2.07. The van der Waals surface area contributed by atoms with E-state index >= 15 is 0 Å². The van der Waals surface area contributed by atoms with Crippen LogP contribution >= 0.6 is 0 Å². The zero-order valence-electron chi connectivity index (χ0n) is 11.9. The molecule has 0 atom stereocenters. The van der Waals surface area contributed by atoms with Crippen LogP contribution in [-0.2, 0) is 4.79 Å². The normalized spacial score (nSPS) is 10.3. The van der Waals surface area contributed by atoms with Gasteiger partial charge in [-0.15, -0.1) is 0 Å². The molecule has 0 unspecified atom stereocenters. The van der Waals surface area contributed by atoms with Crippen molar-refractivity contribution in [3.63, 3.8) is 0 Å². The number of hydrogen-bond donors (Lipinski definition) is 2. The minimum atomic E-state index is -0.765. The number of para-hydroxylation sites is 1. The van der Waals surface area contributed by atoms with Crippen molar-refractivity contribution >= 4 is 23.6 Å². The number of hydrogen-bond acceptors (Lipinski definition) is 4. The van der Waals surface area contributed by atoms with Gasteiger partial charge in [-0.25, -0.2) is 0 Å². The zero-order chi connectivity index (χ0) is 16.7. The first-order chi connectivity index (χ1) is 11.1. The number of hydrazine groups is 1. The van der Waals surface area contributed by atoms with Gasteiger partial charge in [-0.3, -0.25) is 30.6 Å². The van der Waals surface area contributed by atoms with Crippen LogP contribution in [0.1, 0.15) is 15.9 Å². The lowest BCUT2D eigenvalue weighted by Gasteiger charge is -2.05. The Kier molecular flexibility index (Phi) is 5.19. The Morgan fingerprint density at radius 3 is 2.30 bits per heavy atom. The molecule has 2 N–H and O–H groups in total. The standard InChI is InChI=1S/C16H13N3O4/c20-15(11-10-12-6-2-1-3-7-12)17-18-16(21)13-8-4-5-9-14(13)19(22)23/h1-11H,(H,17,20)(H,18,21)/b11-10+. The second-order valence-corrected chi connectivity index (χ2v) is 4.46. The lowest BCUT2D eigenvalue weighted by molar-refractivity contribution is -0.385. The molecule has 0 heterocycles. The molecule has 0 radical (unpaired) electrons. The van der Waals surface area contributed by atoms with E-state index < -0.39 is 16.7 Å². The maximum atomic E-state index is 11.9. The molecule has 116 valence electrons. The van der Waals surface area contributed by atoms with Gasteiger partial charge in [0.25, 0.3) is 17.5 Å². The van der Waals surface area contributed by atoms with Crippen molar-refractivity contribution in [2.24, 2.45) is 0 Å². The second kappa shape index (κ2) is 7.51. The minimum absolute atomic E-state index is 0.134. The molecule has 7 heteroatoms. The highest BCUT2D eigenvalue weighted by Gasteiger charge is 2.19. The molecule has 2 amide bonds. The first-order valence-corrected chi connectivity index (χ1v) is 6.65. The van der Waals surface area contributed by atoms with Crippen LogP contribution in [0.4, 0.5) is 5.69 Å². The number of benzene rings is 2. The van der Waals surface area contributed by atoms with Gasteiger partial charge in [0.05, 0.1) is 4.92 Å². The van der Waals surface area contributed by atoms with Gasteiger partial charge in [0.1, 0.15) is 5.56 Å². The first kappa shape index (κ1) is 15.9. The molecule has 0 bridgehead atoms. The lowest BCUT2D eigenvalue weighted by atomic mass is 10.2. The molecule has 2 aromatic carbocycles. The molecule has 0 saturated heterocycles. The van der Waals surface area contributed by atoms with E-state index in [1.54, 1.807) is 6.08 Å². The number of nitrogens with zero attached hydrogens (tertiary/aromatic N) is 1. The molecule has 0 fully saturated rings. The van der Waals surface area contributed by atoms with Crippen LogP contribution in [-0.4, -0.2) is 16.7 Å². The molecule has 0 saturated carbocycles. The van der Waals surface area contributed by atoms with Crippen LogP contribution in [0.15, 0.2) is 60.7 Å². The highest BCUT2D eigenvalue weighted by molar-refractivity contribution is 6.00. The molecule has 0 aliphatic rings. The van der Waals surface area contributed by atoms with Gasteiger partial charge in [-0.2, -0.15) is 0 Å². The summed E-state index contributed by atoms with van der Waals surface area (Å²) >= 11 is 0. The van der Waals surface area contributed by atoms with E-state index in [-0.39, 0.29) is 11.3 Å². The van der Waals surface area contributed by atoms with Gasteiger partial charge >= 0.3 is 0 Å². The molecule has 0 aliphatic heterocycles. The first-order valence-electron chi connectivity index (χ1n) is 6.65. The quantitative estimate of drug-likeness (QED) is 0.512. The fourth-order valence-electron chi connectivity index (χ4n) is 1.79. The summed E-state index contributed by atoms with van der Waals surface area (Å²) in [5, 5.41) is 10.9. The molecule has 2 aromatic rings. The zero-order valence-corrected chi connectivity index (χ0v) is 11.9. The number of carbonyl (C=O) groups is 2. The highest BCUT2D eigenvalue weighted by atomic mass is 16.6. The Morgan fingerprint density at radius 1 is 0.957 bits per heavy atom. The maximum absolute atomic E-state index is 11.9. The maximum Gasteiger partial charge on any atom is 0.282 e. The van der Waals surface area contributed by atoms with Crippen LogP contribution in [0.5, 0.6) is 0 Å². The number of amides is 2. The van der Waals surface area contributed by atoms with E-state index in [1.807, 2.05) is 30.3 Å².